The lowest BCUT2D eigenvalue weighted by Crippen LogP contribution is -2.36. The molecular weight excluding hydrogens is 481 g/mol. The van der Waals surface area contributed by atoms with Crippen LogP contribution >= 0.6 is 23.5 Å². The van der Waals surface area contributed by atoms with Crippen molar-refractivity contribution in [1.82, 2.24) is 14.9 Å². The fourth-order valence-corrected chi connectivity index (χ4v) is 5.17. The van der Waals surface area contributed by atoms with Crippen molar-refractivity contribution in [3.8, 4) is 0 Å². The number of aromatic nitrogens is 2. The molecule has 0 atom stereocenters. The van der Waals surface area contributed by atoms with Gasteiger partial charge >= 0.3 is 0 Å². The molecule has 5 nitrogen and oxygen atoms in total. The number of benzene rings is 2. The molecule has 2 N–H and O–H groups in total. The van der Waals surface area contributed by atoms with Gasteiger partial charge in [-0.25, -0.2) is 14.4 Å². The molecule has 2 aromatic carbocycles. The molecule has 1 aromatic heterocycles. The number of rotatable bonds is 8. The summed E-state index contributed by atoms with van der Waals surface area (Å²) in [6, 6.07) is 12.0. The highest BCUT2D eigenvalue weighted by atomic mass is 35.5. The van der Waals surface area contributed by atoms with Crippen LogP contribution in [0, 0.1) is 12.7 Å². The highest BCUT2D eigenvalue weighted by molar-refractivity contribution is 8.00. The number of anilines is 2. The summed E-state index contributed by atoms with van der Waals surface area (Å²) in [6.07, 6.45) is 11.7. The second-order valence-electron chi connectivity index (χ2n) is 9.11. The van der Waals surface area contributed by atoms with Crippen molar-refractivity contribution in [3.05, 3.63) is 76.3 Å². The van der Waals surface area contributed by atoms with E-state index in [1.54, 1.807) is 18.5 Å². The summed E-state index contributed by atoms with van der Waals surface area (Å²) in [4.78, 5) is 12.1. The lowest BCUT2D eigenvalue weighted by molar-refractivity contribution is 0.221. The molecular formula is C27H31ClFN5S. The lowest BCUT2D eigenvalue weighted by Gasteiger charge is -2.32. The van der Waals surface area contributed by atoms with Gasteiger partial charge in [0.25, 0.3) is 0 Å². The van der Waals surface area contributed by atoms with Crippen molar-refractivity contribution < 1.29 is 4.39 Å². The number of halogens is 2. The molecule has 184 valence electrons. The van der Waals surface area contributed by atoms with Crippen molar-refractivity contribution in [2.75, 3.05) is 24.1 Å². The minimum Gasteiger partial charge on any atom is -0.351 e. The van der Waals surface area contributed by atoms with Crippen molar-refractivity contribution in [3.63, 3.8) is 0 Å². The number of hydrogen-bond acceptors (Lipinski definition) is 6. The Bertz CT molecular complexity index is 1140. The first kappa shape index (κ1) is 25.5. The van der Waals surface area contributed by atoms with Gasteiger partial charge in [0.1, 0.15) is 5.82 Å². The zero-order valence-corrected chi connectivity index (χ0v) is 21.8. The molecule has 3 aromatic rings. The number of aryl methyl sites for hydroxylation is 1. The normalized spacial score (nSPS) is 18.2. The maximum Gasteiger partial charge on any atom is 0.222 e. The molecule has 1 saturated carbocycles. The summed E-state index contributed by atoms with van der Waals surface area (Å²) in [6.45, 7) is 1.89. The van der Waals surface area contributed by atoms with Crippen LogP contribution in [-0.2, 0) is 0 Å². The summed E-state index contributed by atoms with van der Waals surface area (Å²) in [7, 11) is 4.29. The summed E-state index contributed by atoms with van der Waals surface area (Å²) >= 11 is 7.55. The summed E-state index contributed by atoms with van der Waals surface area (Å²) in [5, 5.41) is 4.11. The van der Waals surface area contributed by atoms with E-state index >= 15 is 0 Å². The SMILES string of the molecule is Cc1cc(NSc2ccccc2Cl)cc(F)c1/C=C/c1cnc(NC2CCC(N(C)C)CC2)nc1. The molecule has 0 spiro atoms. The molecule has 1 heterocycles. The summed E-state index contributed by atoms with van der Waals surface area (Å²) in [5.41, 5.74) is 2.87. The Morgan fingerprint density at radius 1 is 1.06 bits per heavy atom. The molecule has 1 aliphatic rings. The van der Waals surface area contributed by atoms with Gasteiger partial charge in [-0.15, -0.1) is 0 Å². The third-order valence-corrected chi connectivity index (χ3v) is 7.68. The van der Waals surface area contributed by atoms with Gasteiger partial charge in [0.2, 0.25) is 5.95 Å². The molecule has 1 aliphatic carbocycles. The van der Waals surface area contributed by atoms with Crippen LogP contribution in [0.3, 0.4) is 0 Å². The average Bonchev–Trinajstić information content (AvgIpc) is 2.84. The van der Waals surface area contributed by atoms with Crippen molar-refractivity contribution in [2.24, 2.45) is 0 Å². The first-order chi connectivity index (χ1) is 16.9. The first-order valence-corrected chi connectivity index (χ1v) is 13.0. The third kappa shape index (κ3) is 6.97. The molecule has 0 unspecified atom stereocenters. The molecule has 0 aliphatic heterocycles. The molecule has 0 bridgehead atoms. The Hall–Kier alpha value is -2.61. The van der Waals surface area contributed by atoms with E-state index < -0.39 is 0 Å². The zero-order chi connectivity index (χ0) is 24.8. The van der Waals surface area contributed by atoms with E-state index in [0.29, 0.717) is 34.3 Å². The van der Waals surface area contributed by atoms with E-state index in [2.05, 4.69) is 39.0 Å². The van der Waals surface area contributed by atoms with Crippen LogP contribution in [0.4, 0.5) is 16.0 Å². The zero-order valence-electron chi connectivity index (χ0n) is 20.3. The molecule has 8 heteroatoms. The fourth-order valence-electron chi connectivity index (χ4n) is 4.26. The lowest BCUT2D eigenvalue weighted by atomic mass is 9.91. The van der Waals surface area contributed by atoms with Gasteiger partial charge in [0.15, 0.2) is 0 Å². The van der Waals surface area contributed by atoms with E-state index in [1.807, 2.05) is 43.3 Å². The summed E-state index contributed by atoms with van der Waals surface area (Å²) < 4.78 is 18.0. The molecule has 35 heavy (non-hydrogen) atoms. The number of nitrogens with zero attached hydrogens (tertiary/aromatic N) is 3. The van der Waals surface area contributed by atoms with Gasteiger partial charge in [0.05, 0.1) is 5.02 Å². The molecule has 4 rings (SSSR count). The van der Waals surface area contributed by atoms with Crippen LogP contribution in [0.5, 0.6) is 0 Å². The van der Waals surface area contributed by atoms with E-state index in [-0.39, 0.29) is 5.82 Å². The monoisotopic (exact) mass is 511 g/mol. The fraction of sp³-hybridized carbons (Fsp3) is 0.333. The number of nitrogens with one attached hydrogen (secondary N) is 2. The van der Waals surface area contributed by atoms with Gasteiger partial charge < -0.3 is 14.9 Å². The molecule has 1 fully saturated rings. The van der Waals surface area contributed by atoms with Crippen LogP contribution in [0.25, 0.3) is 12.2 Å². The Morgan fingerprint density at radius 2 is 1.77 bits per heavy atom. The maximum absolute atomic E-state index is 14.8. The van der Waals surface area contributed by atoms with E-state index in [4.69, 9.17) is 11.6 Å². The Kier molecular flexibility index (Phi) is 8.65. The van der Waals surface area contributed by atoms with Crippen LogP contribution in [0.1, 0.15) is 42.4 Å². The van der Waals surface area contributed by atoms with E-state index in [1.165, 1.54) is 30.9 Å². The molecule has 0 radical (unpaired) electrons. The second-order valence-corrected chi connectivity index (χ2v) is 10.4. The first-order valence-electron chi connectivity index (χ1n) is 11.8. The van der Waals surface area contributed by atoms with Gasteiger partial charge in [0, 0.05) is 46.2 Å². The van der Waals surface area contributed by atoms with Gasteiger partial charge in [-0.2, -0.15) is 0 Å². The smallest absolute Gasteiger partial charge is 0.222 e. The van der Waals surface area contributed by atoms with E-state index in [9.17, 15) is 4.39 Å². The van der Waals surface area contributed by atoms with Crippen molar-refractivity contribution in [1.29, 1.82) is 0 Å². The summed E-state index contributed by atoms with van der Waals surface area (Å²) in [5.74, 6) is 0.348. The highest BCUT2D eigenvalue weighted by Crippen LogP contribution is 2.30. The second kappa shape index (κ2) is 11.9. The van der Waals surface area contributed by atoms with Gasteiger partial charge in [-0.3, -0.25) is 0 Å². The molecule has 0 amide bonds. The van der Waals surface area contributed by atoms with Crippen molar-refractivity contribution in [2.45, 2.75) is 49.6 Å². The topological polar surface area (TPSA) is 53.1 Å². The highest BCUT2D eigenvalue weighted by Gasteiger charge is 2.22. The quantitative estimate of drug-likeness (QED) is 0.313. The van der Waals surface area contributed by atoms with Crippen molar-refractivity contribution >= 4 is 47.3 Å². The predicted octanol–water partition coefficient (Wildman–Crippen LogP) is 7.15. The minimum absolute atomic E-state index is 0.295. The van der Waals surface area contributed by atoms with E-state index in [0.717, 1.165) is 28.9 Å². The Labute approximate surface area is 216 Å². The van der Waals surface area contributed by atoms with Gasteiger partial charge in [-0.05, 0) is 88.5 Å². The minimum atomic E-state index is -0.295. The number of hydrogen-bond donors (Lipinski definition) is 2. The van der Waals surface area contributed by atoms with Gasteiger partial charge in [-0.1, -0.05) is 35.9 Å². The van der Waals surface area contributed by atoms with Crippen LogP contribution in [-0.4, -0.2) is 41.0 Å². The standard InChI is InChI=1S/C27H31ClFN5S/c1-18-14-21(33-35-26-7-5-4-6-24(26)28)15-25(29)23(18)13-8-19-16-30-27(31-17-19)32-20-9-11-22(12-10-20)34(2)3/h4-8,13-17,20,22,33H,9-12H2,1-3H3,(H,30,31,32)/b13-8+. The predicted molar refractivity (Wildman–Crippen MR) is 146 cm³/mol. The third-order valence-electron chi connectivity index (χ3n) is 6.33. The maximum atomic E-state index is 14.8. The Balaban J connectivity index is 1.34. The average molecular weight is 512 g/mol. The largest absolute Gasteiger partial charge is 0.351 e. The van der Waals surface area contributed by atoms with Crippen LogP contribution in [0.2, 0.25) is 5.02 Å². The Morgan fingerprint density at radius 3 is 2.43 bits per heavy atom. The molecule has 0 saturated heterocycles. The van der Waals surface area contributed by atoms with Crippen LogP contribution < -0.4 is 10.0 Å². The van der Waals surface area contributed by atoms with Crippen LogP contribution in [0.15, 0.2) is 53.7 Å².